The molecular formula is C20H26ClN5OS. The Hall–Kier alpha value is -2.12. The van der Waals surface area contributed by atoms with Crippen LogP contribution in [0.15, 0.2) is 30.3 Å². The Morgan fingerprint density at radius 2 is 1.89 bits per heavy atom. The molecule has 1 saturated heterocycles. The van der Waals surface area contributed by atoms with E-state index in [0.717, 1.165) is 30.2 Å². The molecule has 0 radical (unpaired) electrons. The van der Waals surface area contributed by atoms with Gasteiger partial charge in [-0.2, -0.15) is 4.98 Å². The number of nitrogens with one attached hydrogen (secondary N) is 2. The zero-order valence-corrected chi connectivity index (χ0v) is 18.0. The molecule has 0 spiro atoms. The highest BCUT2D eigenvalue weighted by molar-refractivity contribution is 7.80. The molecule has 1 aliphatic rings. The summed E-state index contributed by atoms with van der Waals surface area (Å²) in [7, 11) is 1.65. The minimum Gasteiger partial charge on any atom is -0.497 e. The van der Waals surface area contributed by atoms with Gasteiger partial charge in [0.25, 0.3) is 0 Å². The summed E-state index contributed by atoms with van der Waals surface area (Å²) in [5, 5.41) is 7.05. The van der Waals surface area contributed by atoms with Gasteiger partial charge in [-0.25, -0.2) is 4.98 Å². The van der Waals surface area contributed by atoms with Gasteiger partial charge in [0.2, 0.25) is 5.95 Å². The molecule has 150 valence electrons. The van der Waals surface area contributed by atoms with Crippen LogP contribution in [-0.4, -0.2) is 35.3 Å². The van der Waals surface area contributed by atoms with Gasteiger partial charge in [-0.3, -0.25) is 0 Å². The number of hydrogen-bond acceptors (Lipinski definition) is 5. The molecule has 3 rings (SSSR count). The normalized spacial score (nSPS) is 19.2. The summed E-state index contributed by atoms with van der Waals surface area (Å²) in [5.41, 5.74) is 1.09. The van der Waals surface area contributed by atoms with Crippen molar-refractivity contribution in [1.82, 2.24) is 15.3 Å². The Labute approximate surface area is 176 Å². The van der Waals surface area contributed by atoms with Crippen LogP contribution in [-0.2, 0) is 6.54 Å². The Kier molecular flexibility index (Phi) is 6.91. The lowest BCUT2D eigenvalue weighted by Gasteiger charge is -2.35. The zero-order chi connectivity index (χ0) is 20.1. The monoisotopic (exact) mass is 419 g/mol. The molecule has 0 bridgehead atoms. The number of aromatic nitrogens is 2. The number of hydrogen-bond donors (Lipinski definition) is 2. The lowest BCUT2D eigenvalue weighted by atomic mass is 9.92. The van der Waals surface area contributed by atoms with E-state index in [9.17, 15) is 0 Å². The summed E-state index contributed by atoms with van der Waals surface area (Å²) >= 11 is 11.6. The summed E-state index contributed by atoms with van der Waals surface area (Å²) in [6.07, 6.45) is 1.24. The summed E-state index contributed by atoms with van der Waals surface area (Å²) in [5.74, 6) is 3.31. The molecule has 2 atom stereocenters. The number of piperidine rings is 1. The number of nitrogens with zero attached hydrogens (tertiary/aromatic N) is 3. The van der Waals surface area contributed by atoms with Crippen molar-refractivity contribution in [2.45, 2.75) is 26.8 Å². The molecule has 28 heavy (non-hydrogen) atoms. The molecule has 2 aromatic rings. The van der Waals surface area contributed by atoms with Crippen molar-refractivity contribution in [2.24, 2.45) is 11.8 Å². The van der Waals surface area contributed by atoms with Crippen LogP contribution < -0.4 is 20.3 Å². The molecule has 8 heteroatoms. The van der Waals surface area contributed by atoms with E-state index in [1.165, 1.54) is 6.42 Å². The average Bonchev–Trinajstić information content (AvgIpc) is 2.65. The molecule has 2 N–H and O–H groups in total. The van der Waals surface area contributed by atoms with Gasteiger partial charge in [-0.1, -0.05) is 37.6 Å². The quantitative estimate of drug-likeness (QED) is 0.558. The van der Waals surface area contributed by atoms with Crippen LogP contribution >= 0.6 is 23.8 Å². The van der Waals surface area contributed by atoms with E-state index >= 15 is 0 Å². The molecule has 0 aliphatic carbocycles. The second-order valence-corrected chi connectivity index (χ2v) is 8.17. The van der Waals surface area contributed by atoms with Crippen LogP contribution in [0, 0.1) is 11.8 Å². The molecule has 2 heterocycles. The number of rotatable bonds is 5. The third-order valence-corrected chi connectivity index (χ3v) is 5.15. The first-order valence-electron chi connectivity index (χ1n) is 9.40. The summed E-state index contributed by atoms with van der Waals surface area (Å²) in [6, 6.07) is 9.62. The van der Waals surface area contributed by atoms with Gasteiger partial charge in [0, 0.05) is 25.7 Å². The average molecular weight is 420 g/mol. The fourth-order valence-corrected chi connectivity index (χ4v) is 3.89. The molecule has 1 aliphatic heterocycles. The summed E-state index contributed by atoms with van der Waals surface area (Å²) < 4.78 is 5.17. The third-order valence-electron chi connectivity index (χ3n) is 4.71. The minimum absolute atomic E-state index is 0.399. The van der Waals surface area contributed by atoms with Gasteiger partial charge in [0.15, 0.2) is 5.11 Å². The largest absolute Gasteiger partial charge is 0.497 e. The molecule has 1 fully saturated rings. The van der Waals surface area contributed by atoms with Crippen LogP contribution in [0.5, 0.6) is 5.75 Å². The lowest BCUT2D eigenvalue weighted by Crippen LogP contribution is -2.39. The first-order valence-corrected chi connectivity index (χ1v) is 10.2. The van der Waals surface area contributed by atoms with Crippen molar-refractivity contribution in [3.05, 3.63) is 41.0 Å². The number of thiocarbonyl (C=S) groups is 1. The number of anilines is 2. The minimum atomic E-state index is 0.399. The highest BCUT2D eigenvalue weighted by atomic mass is 35.5. The topological polar surface area (TPSA) is 62.3 Å². The van der Waals surface area contributed by atoms with Crippen molar-refractivity contribution < 1.29 is 4.74 Å². The van der Waals surface area contributed by atoms with Crippen molar-refractivity contribution in [1.29, 1.82) is 0 Å². The highest BCUT2D eigenvalue weighted by Gasteiger charge is 2.23. The summed E-state index contributed by atoms with van der Waals surface area (Å²) in [4.78, 5) is 11.1. The molecule has 0 amide bonds. The maximum absolute atomic E-state index is 6.23. The van der Waals surface area contributed by atoms with E-state index in [1.54, 1.807) is 7.11 Å². The molecule has 0 saturated carbocycles. The van der Waals surface area contributed by atoms with E-state index in [1.807, 2.05) is 30.3 Å². The molecule has 1 aromatic carbocycles. The molecule has 6 nitrogen and oxygen atoms in total. The Bertz CT molecular complexity index is 807. The molecule has 0 unspecified atom stereocenters. The maximum Gasteiger partial charge on any atom is 0.232 e. The second kappa shape index (κ2) is 9.39. The number of benzene rings is 1. The predicted octanol–water partition coefficient (Wildman–Crippen LogP) is 4.11. The smallest absolute Gasteiger partial charge is 0.232 e. The van der Waals surface area contributed by atoms with Crippen molar-refractivity contribution >= 4 is 40.7 Å². The fourth-order valence-electron chi connectivity index (χ4n) is 3.55. The van der Waals surface area contributed by atoms with Crippen molar-refractivity contribution in [3.8, 4) is 5.75 Å². The van der Waals surface area contributed by atoms with E-state index in [4.69, 9.17) is 28.6 Å². The fraction of sp³-hybridized carbons (Fsp3) is 0.450. The predicted molar refractivity (Wildman–Crippen MR) is 118 cm³/mol. The van der Waals surface area contributed by atoms with Crippen LogP contribution in [0.2, 0.25) is 5.15 Å². The van der Waals surface area contributed by atoms with E-state index in [-0.39, 0.29) is 0 Å². The SMILES string of the molecule is COc1ccc(CNC(=S)Nc2nc(Cl)cc(N3C[C@H](C)C[C@H](C)C3)n2)cc1. The summed E-state index contributed by atoms with van der Waals surface area (Å²) in [6.45, 7) is 7.06. The maximum atomic E-state index is 6.23. The van der Waals surface area contributed by atoms with E-state index in [2.05, 4.69) is 39.3 Å². The Morgan fingerprint density at radius 1 is 1.21 bits per heavy atom. The van der Waals surface area contributed by atoms with E-state index in [0.29, 0.717) is 34.6 Å². The second-order valence-electron chi connectivity index (χ2n) is 7.38. The van der Waals surface area contributed by atoms with Gasteiger partial charge in [0.05, 0.1) is 7.11 Å². The van der Waals surface area contributed by atoms with Crippen molar-refractivity contribution in [2.75, 3.05) is 30.4 Å². The van der Waals surface area contributed by atoms with Crippen LogP contribution in [0.4, 0.5) is 11.8 Å². The highest BCUT2D eigenvalue weighted by Crippen LogP contribution is 2.27. The van der Waals surface area contributed by atoms with Crippen LogP contribution in [0.25, 0.3) is 0 Å². The number of ether oxygens (including phenoxy) is 1. The van der Waals surface area contributed by atoms with Crippen LogP contribution in [0.1, 0.15) is 25.8 Å². The Morgan fingerprint density at radius 3 is 2.54 bits per heavy atom. The van der Waals surface area contributed by atoms with Gasteiger partial charge in [-0.05, 0) is 48.2 Å². The first-order chi connectivity index (χ1) is 13.4. The van der Waals surface area contributed by atoms with E-state index < -0.39 is 0 Å². The Balaban J connectivity index is 1.61. The molecular weight excluding hydrogens is 394 g/mol. The van der Waals surface area contributed by atoms with Gasteiger partial charge < -0.3 is 20.3 Å². The van der Waals surface area contributed by atoms with Crippen molar-refractivity contribution in [3.63, 3.8) is 0 Å². The van der Waals surface area contributed by atoms with Gasteiger partial charge >= 0.3 is 0 Å². The third kappa shape index (κ3) is 5.69. The standard InChI is InChI=1S/C20H26ClN5OS/c1-13-8-14(2)12-26(11-13)18-9-17(21)23-19(24-18)25-20(28)22-10-15-4-6-16(27-3)7-5-15/h4-7,9,13-14H,8,10-12H2,1-3H3,(H2,22,23,24,25,28)/t13-,14+. The first kappa shape index (κ1) is 20.6. The zero-order valence-electron chi connectivity index (χ0n) is 16.4. The van der Waals surface area contributed by atoms with Gasteiger partial charge in [0.1, 0.15) is 16.7 Å². The number of methoxy groups -OCH3 is 1. The lowest BCUT2D eigenvalue weighted by molar-refractivity contribution is 0.355. The molecule has 1 aromatic heterocycles. The van der Waals surface area contributed by atoms with Crippen LogP contribution in [0.3, 0.4) is 0 Å². The van der Waals surface area contributed by atoms with Gasteiger partial charge in [-0.15, -0.1) is 0 Å². The number of halogens is 1.